The molecule has 0 amide bonds. The van der Waals surface area contributed by atoms with Crippen molar-refractivity contribution in [1.82, 2.24) is 20.1 Å². The molecule has 4 nitrogen and oxygen atoms in total. The van der Waals surface area contributed by atoms with Crippen molar-refractivity contribution in [2.45, 2.75) is 44.7 Å². The number of rotatable bonds is 3. The molecule has 1 aromatic heterocycles. The third-order valence-electron chi connectivity index (χ3n) is 4.38. The van der Waals surface area contributed by atoms with E-state index in [1.54, 1.807) is 6.33 Å². The van der Waals surface area contributed by atoms with E-state index in [9.17, 15) is 0 Å². The van der Waals surface area contributed by atoms with Crippen LogP contribution in [0.2, 0.25) is 0 Å². The van der Waals surface area contributed by atoms with Crippen LogP contribution in [-0.4, -0.2) is 14.8 Å². The smallest absolute Gasteiger partial charge is 0.149 e. The maximum atomic E-state index is 4.20. The van der Waals surface area contributed by atoms with E-state index < -0.39 is 0 Å². The molecule has 0 fully saturated rings. The molecule has 0 aliphatic heterocycles. The van der Waals surface area contributed by atoms with Gasteiger partial charge in [-0.25, -0.2) is 0 Å². The van der Waals surface area contributed by atoms with E-state index >= 15 is 0 Å². The van der Waals surface area contributed by atoms with Gasteiger partial charge in [-0.2, -0.15) is 0 Å². The Morgan fingerprint density at radius 1 is 1.25 bits per heavy atom. The average Bonchev–Trinajstić information content (AvgIpc) is 2.88. The zero-order valence-electron chi connectivity index (χ0n) is 12.4. The van der Waals surface area contributed by atoms with Crippen LogP contribution in [0.1, 0.15) is 61.6 Å². The molecule has 0 saturated heterocycles. The summed E-state index contributed by atoms with van der Waals surface area (Å²) >= 11 is 0. The second-order valence-corrected chi connectivity index (χ2v) is 5.85. The van der Waals surface area contributed by atoms with Crippen LogP contribution in [-0.2, 0) is 7.05 Å². The van der Waals surface area contributed by atoms with Gasteiger partial charge in [-0.15, -0.1) is 10.2 Å². The number of aryl methyl sites for hydroxylation is 1. The molecule has 0 saturated carbocycles. The summed E-state index contributed by atoms with van der Waals surface area (Å²) in [6, 6.07) is 9.41. The molecular formula is C16H22N4. The Bertz CT molecular complexity index is 590. The van der Waals surface area contributed by atoms with Gasteiger partial charge < -0.3 is 9.88 Å². The summed E-state index contributed by atoms with van der Waals surface area (Å²) in [7, 11) is 1.99. The number of hydrogen-bond donors (Lipinski definition) is 1. The molecule has 4 heteroatoms. The van der Waals surface area contributed by atoms with Crippen molar-refractivity contribution in [3.05, 3.63) is 47.5 Å². The van der Waals surface area contributed by atoms with Crippen LogP contribution < -0.4 is 5.32 Å². The fourth-order valence-electron chi connectivity index (χ4n) is 3.24. The van der Waals surface area contributed by atoms with Gasteiger partial charge in [0, 0.05) is 13.1 Å². The third kappa shape index (κ3) is 2.36. The highest BCUT2D eigenvalue weighted by atomic mass is 15.3. The number of fused-ring (bicyclic) bond motifs is 1. The predicted octanol–water partition coefficient (Wildman–Crippen LogP) is 3.10. The molecule has 0 spiro atoms. The normalized spacial score (nSPS) is 23.4. The summed E-state index contributed by atoms with van der Waals surface area (Å²) in [6.07, 6.45) is 4.17. The summed E-state index contributed by atoms with van der Waals surface area (Å²) in [5.74, 6) is 1.65. The Morgan fingerprint density at radius 3 is 2.70 bits per heavy atom. The van der Waals surface area contributed by atoms with Crippen LogP contribution in [0.4, 0.5) is 0 Å². The number of benzene rings is 1. The molecule has 0 bridgehead atoms. The van der Waals surface area contributed by atoms with Crippen molar-refractivity contribution in [2.24, 2.45) is 7.05 Å². The zero-order chi connectivity index (χ0) is 14.1. The monoisotopic (exact) mass is 270 g/mol. The quantitative estimate of drug-likeness (QED) is 0.932. The van der Waals surface area contributed by atoms with Gasteiger partial charge in [0.15, 0.2) is 0 Å². The Morgan fingerprint density at radius 2 is 2.00 bits per heavy atom. The van der Waals surface area contributed by atoms with Gasteiger partial charge in [-0.3, -0.25) is 0 Å². The molecule has 1 aliphatic carbocycles. The van der Waals surface area contributed by atoms with Gasteiger partial charge in [0.05, 0.1) is 6.04 Å². The van der Waals surface area contributed by atoms with Crippen molar-refractivity contribution in [2.75, 3.05) is 0 Å². The third-order valence-corrected chi connectivity index (χ3v) is 4.38. The summed E-state index contributed by atoms with van der Waals surface area (Å²) in [5.41, 5.74) is 2.93. The zero-order valence-corrected chi connectivity index (χ0v) is 12.4. The average molecular weight is 270 g/mol. The lowest BCUT2D eigenvalue weighted by Crippen LogP contribution is -2.29. The number of nitrogens with zero attached hydrogens (tertiary/aromatic N) is 3. The molecule has 1 aromatic carbocycles. The fourth-order valence-corrected chi connectivity index (χ4v) is 3.24. The summed E-state index contributed by atoms with van der Waals surface area (Å²) in [4.78, 5) is 0. The minimum atomic E-state index is 0.203. The summed E-state index contributed by atoms with van der Waals surface area (Å²) in [5, 5.41) is 11.9. The lowest BCUT2D eigenvalue weighted by molar-refractivity contribution is 0.384. The van der Waals surface area contributed by atoms with Gasteiger partial charge in [-0.05, 0) is 36.8 Å². The van der Waals surface area contributed by atoms with Gasteiger partial charge in [0.25, 0.3) is 0 Å². The highest BCUT2D eigenvalue weighted by Crippen LogP contribution is 2.37. The fraction of sp³-hybridized carbons (Fsp3) is 0.500. The maximum Gasteiger partial charge on any atom is 0.149 e. The number of aromatic nitrogens is 3. The first-order valence-corrected chi connectivity index (χ1v) is 7.35. The van der Waals surface area contributed by atoms with E-state index in [4.69, 9.17) is 0 Å². The van der Waals surface area contributed by atoms with Crippen LogP contribution in [0.5, 0.6) is 0 Å². The standard InChI is InChI=1S/C16H22N4/c1-11-8-9-15(14-7-5-4-6-13(11)14)18-12(2)16-19-17-10-20(16)3/h4-7,10-12,15,18H,8-9H2,1-3H3. The topological polar surface area (TPSA) is 42.7 Å². The lowest BCUT2D eigenvalue weighted by Gasteiger charge is -2.32. The van der Waals surface area contributed by atoms with Crippen molar-refractivity contribution in [3.8, 4) is 0 Å². The summed E-state index contributed by atoms with van der Waals surface area (Å²) in [6.45, 7) is 4.48. The molecule has 2 aromatic rings. The first-order valence-electron chi connectivity index (χ1n) is 7.35. The van der Waals surface area contributed by atoms with E-state index in [1.165, 1.54) is 24.0 Å². The second kappa shape index (κ2) is 5.37. The van der Waals surface area contributed by atoms with Gasteiger partial charge in [0.2, 0.25) is 0 Å². The number of hydrogen-bond acceptors (Lipinski definition) is 3. The molecule has 1 N–H and O–H groups in total. The molecular weight excluding hydrogens is 248 g/mol. The van der Waals surface area contributed by atoms with Gasteiger partial charge in [-0.1, -0.05) is 31.2 Å². The van der Waals surface area contributed by atoms with E-state index in [0.29, 0.717) is 12.0 Å². The van der Waals surface area contributed by atoms with Crippen LogP contribution in [0.25, 0.3) is 0 Å². The Hall–Kier alpha value is -1.68. The minimum absolute atomic E-state index is 0.203. The van der Waals surface area contributed by atoms with E-state index in [0.717, 1.165) is 5.82 Å². The van der Waals surface area contributed by atoms with Crippen molar-refractivity contribution in [1.29, 1.82) is 0 Å². The number of nitrogens with one attached hydrogen (secondary N) is 1. The Kier molecular flexibility index (Phi) is 3.57. The van der Waals surface area contributed by atoms with E-state index in [-0.39, 0.29) is 6.04 Å². The SMILES string of the molecule is CC1CCC(NC(C)c2nncn2C)c2ccccc21. The van der Waals surface area contributed by atoms with Gasteiger partial charge in [0.1, 0.15) is 12.2 Å². The van der Waals surface area contributed by atoms with Crippen LogP contribution in [0.3, 0.4) is 0 Å². The van der Waals surface area contributed by atoms with Crippen LogP contribution in [0.15, 0.2) is 30.6 Å². The van der Waals surface area contributed by atoms with Crippen molar-refractivity contribution >= 4 is 0 Å². The molecule has 3 atom stereocenters. The van der Waals surface area contributed by atoms with Crippen molar-refractivity contribution < 1.29 is 0 Å². The second-order valence-electron chi connectivity index (χ2n) is 5.85. The van der Waals surface area contributed by atoms with Gasteiger partial charge >= 0.3 is 0 Å². The maximum absolute atomic E-state index is 4.20. The molecule has 20 heavy (non-hydrogen) atoms. The van der Waals surface area contributed by atoms with Crippen LogP contribution in [0, 0.1) is 0 Å². The molecule has 0 radical (unpaired) electrons. The first kappa shape index (κ1) is 13.3. The predicted molar refractivity (Wildman–Crippen MR) is 79.4 cm³/mol. The minimum Gasteiger partial charge on any atom is -0.319 e. The molecule has 1 aliphatic rings. The lowest BCUT2D eigenvalue weighted by atomic mass is 9.81. The summed E-state index contributed by atoms with van der Waals surface area (Å²) < 4.78 is 1.98. The first-order chi connectivity index (χ1) is 9.66. The highest BCUT2D eigenvalue weighted by molar-refractivity contribution is 5.35. The van der Waals surface area contributed by atoms with Crippen molar-refractivity contribution in [3.63, 3.8) is 0 Å². The van der Waals surface area contributed by atoms with E-state index in [2.05, 4.69) is 53.6 Å². The molecule has 3 rings (SSSR count). The Balaban J connectivity index is 1.82. The molecule has 106 valence electrons. The highest BCUT2D eigenvalue weighted by Gasteiger charge is 2.26. The van der Waals surface area contributed by atoms with Crippen LogP contribution >= 0.6 is 0 Å². The molecule has 1 heterocycles. The van der Waals surface area contributed by atoms with E-state index in [1.807, 2.05) is 11.6 Å². The Labute approximate surface area is 120 Å². The molecule has 3 unspecified atom stereocenters. The largest absolute Gasteiger partial charge is 0.319 e.